The number of halogens is 2. The molecule has 1 unspecified atom stereocenters. The van der Waals surface area contributed by atoms with Gasteiger partial charge in [-0.3, -0.25) is 9.80 Å². The van der Waals surface area contributed by atoms with Gasteiger partial charge in [0.15, 0.2) is 0 Å². The Labute approximate surface area is 392 Å². The van der Waals surface area contributed by atoms with Crippen molar-refractivity contribution in [1.82, 2.24) is 29.6 Å². The van der Waals surface area contributed by atoms with Gasteiger partial charge in [0.05, 0.1) is 41.4 Å². The Hall–Kier alpha value is -4.74. The first-order valence-electron chi connectivity index (χ1n) is 21.9. The standard InChI is InChI=1S/C24H32ClN3O5.C24H30ClN3O4/c1-24(2,3)33-23(31)28-10-9-27(19(13-28)15-29)14-21(30)20-11-18(25)12-26-22(20)32-16-17-7-5-4-6-8-17;1-24(2,3)32-23(29)28-10-9-27-14-21(30-16-19(27)13-28)20-11-18(25)12-26-22(20)31-15-17-7-5-4-6-8-17/h4-8,11-12,19,21,29-30H,9-10,13-16H2,1-3H3;4-8,11-12,19,21H,9-10,13-16H2,1-3H3/t19-,21?;19-,21-/m00/s1. The lowest BCUT2D eigenvalue weighted by molar-refractivity contribution is -0.0914. The number of hydrogen-bond acceptors (Lipinski definition) is 13. The van der Waals surface area contributed by atoms with Crippen molar-refractivity contribution in [3.8, 4) is 11.8 Å². The molecule has 0 aliphatic carbocycles. The highest BCUT2D eigenvalue weighted by molar-refractivity contribution is 6.30. The molecule has 65 heavy (non-hydrogen) atoms. The number of nitrogens with zero attached hydrogens (tertiary/aromatic N) is 6. The van der Waals surface area contributed by atoms with Crippen LogP contribution < -0.4 is 9.47 Å². The molecule has 0 radical (unpaired) electrons. The lowest BCUT2D eigenvalue weighted by Crippen LogP contribution is -2.60. The SMILES string of the molecule is CC(C)(C)OC(=O)N1CCN(CC(O)c2cc(Cl)cnc2OCc2ccccc2)[C@H](CO)C1.CC(C)(C)OC(=O)N1CCN2C[C@@H](c3cc(Cl)cnc3OCc3ccccc3)OC[C@@H]2C1. The number of benzene rings is 2. The van der Waals surface area contributed by atoms with Crippen molar-refractivity contribution in [2.75, 3.05) is 65.6 Å². The van der Waals surface area contributed by atoms with Crippen LogP contribution in [0.5, 0.6) is 11.8 Å². The zero-order valence-corrected chi connectivity index (χ0v) is 39.6. The number of aromatic nitrogens is 2. The number of aliphatic hydroxyl groups is 2. The van der Waals surface area contributed by atoms with E-state index >= 15 is 0 Å². The first-order valence-corrected chi connectivity index (χ1v) is 22.7. The van der Waals surface area contributed by atoms with E-state index in [4.69, 9.17) is 46.9 Å². The van der Waals surface area contributed by atoms with Crippen molar-refractivity contribution < 1.29 is 43.5 Å². The van der Waals surface area contributed by atoms with Crippen molar-refractivity contribution >= 4 is 35.4 Å². The van der Waals surface area contributed by atoms with E-state index in [0.29, 0.717) is 86.5 Å². The minimum Gasteiger partial charge on any atom is -0.473 e. The highest BCUT2D eigenvalue weighted by Crippen LogP contribution is 2.34. The number of fused-ring (bicyclic) bond motifs is 1. The summed E-state index contributed by atoms with van der Waals surface area (Å²) in [6.45, 7) is 16.3. The molecule has 5 heterocycles. The van der Waals surface area contributed by atoms with Crippen LogP contribution in [0.15, 0.2) is 85.2 Å². The molecule has 3 fully saturated rings. The summed E-state index contributed by atoms with van der Waals surface area (Å²) in [5, 5.41) is 21.9. The van der Waals surface area contributed by atoms with Crippen LogP contribution in [0.4, 0.5) is 9.59 Å². The van der Waals surface area contributed by atoms with E-state index in [1.54, 1.807) is 22.1 Å². The molecule has 2 aromatic heterocycles. The number of carbonyl (C=O) groups is 2. The Morgan fingerprint density at radius 1 is 0.754 bits per heavy atom. The van der Waals surface area contributed by atoms with Crippen molar-refractivity contribution in [3.05, 3.63) is 117 Å². The lowest BCUT2D eigenvalue weighted by atomic mass is 10.0. The molecule has 15 nitrogen and oxygen atoms in total. The third-order valence-corrected chi connectivity index (χ3v) is 11.3. The van der Waals surface area contributed by atoms with E-state index in [2.05, 4.69) is 14.9 Å². The Morgan fingerprint density at radius 3 is 1.88 bits per heavy atom. The fourth-order valence-electron chi connectivity index (χ4n) is 7.63. The third-order valence-electron chi connectivity index (χ3n) is 10.9. The minimum atomic E-state index is -0.941. The zero-order chi connectivity index (χ0) is 46.7. The molecule has 2 amide bonds. The van der Waals surface area contributed by atoms with Gasteiger partial charge in [-0.2, -0.15) is 0 Å². The first-order chi connectivity index (χ1) is 30.9. The minimum absolute atomic E-state index is 0.133. The number of β-amino-alcohol motifs (C(OH)–C–C–N with tert-alkyl or cyclic N) is 1. The molecule has 7 rings (SSSR count). The van der Waals surface area contributed by atoms with Gasteiger partial charge in [-0.25, -0.2) is 19.6 Å². The number of ether oxygens (including phenoxy) is 5. The molecule has 0 bridgehead atoms. The van der Waals surface area contributed by atoms with Crippen molar-refractivity contribution in [1.29, 1.82) is 0 Å². The van der Waals surface area contributed by atoms with E-state index in [-0.39, 0.29) is 37.4 Å². The van der Waals surface area contributed by atoms with Gasteiger partial charge in [-0.05, 0) is 64.8 Å². The van der Waals surface area contributed by atoms with E-state index in [1.807, 2.05) is 113 Å². The van der Waals surface area contributed by atoms with E-state index in [0.717, 1.165) is 23.2 Å². The van der Waals surface area contributed by atoms with Gasteiger partial charge < -0.3 is 43.7 Å². The number of rotatable bonds is 11. The zero-order valence-electron chi connectivity index (χ0n) is 38.1. The summed E-state index contributed by atoms with van der Waals surface area (Å²) in [6.07, 6.45) is 1.26. The summed E-state index contributed by atoms with van der Waals surface area (Å²) in [5.74, 6) is 0.845. The number of piperazine rings is 2. The van der Waals surface area contributed by atoms with E-state index in [1.165, 1.54) is 6.20 Å². The number of pyridine rings is 2. The molecule has 4 atom stereocenters. The van der Waals surface area contributed by atoms with Gasteiger partial charge in [0, 0.05) is 75.9 Å². The van der Waals surface area contributed by atoms with Crippen LogP contribution >= 0.6 is 23.2 Å². The highest BCUT2D eigenvalue weighted by atomic mass is 35.5. The number of morpholine rings is 1. The maximum absolute atomic E-state index is 12.4. The molecular formula is C48H62Cl2N6O9. The van der Waals surface area contributed by atoms with Gasteiger partial charge in [-0.1, -0.05) is 83.9 Å². The molecule has 0 saturated carbocycles. The van der Waals surface area contributed by atoms with Gasteiger partial charge in [0.25, 0.3) is 0 Å². The average molecular weight is 938 g/mol. The number of amides is 2. The molecule has 3 aliphatic heterocycles. The van der Waals surface area contributed by atoms with Crippen molar-refractivity contribution in [2.24, 2.45) is 0 Å². The molecular weight excluding hydrogens is 875 g/mol. The van der Waals surface area contributed by atoms with Crippen molar-refractivity contribution in [3.63, 3.8) is 0 Å². The quantitative estimate of drug-likeness (QED) is 0.152. The maximum Gasteiger partial charge on any atom is 0.410 e. The Morgan fingerprint density at radius 2 is 1.29 bits per heavy atom. The average Bonchev–Trinajstić information content (AvgIpc) is 3.27. The van der Waals surface area contributed by atoms with Crippen LogP contribution in [-0.2, 0) is 27.4 Å². The Kier molecular flexibility index (Phi) is 17.3. The second-order valence-corrected chi connectivity index (χ2v) is 19.2. The largest absolute Gasteiger partial charge is 0.473 e. The maximum atomic E-state index is 12.4. The van der Waals surface area contributed by atoms with Gasteiger partial charge in [0.2, 0.25) is 11.8 Å². The molecule has 2 aromatic carbocycles. The molecule has 3 saturated heterocycles. The Bertz CT molecular complexity index is 2160. The first kappa shape index (κ1) is 49.7. The summed E-state index contributed by atoms with van der Waals surface area (Å²) in [4.78, 5) is 41.2. The summed E-state index contributed by atoms with van der Waals surface area (Å²) in [7, 11) is 0. The molecule has 3 aliphatic rings. The predicted molar refractivity (Wildman–Crippen MR) is 247 cm³/mol. The number of carbonyl (C=O) groups excluding carboxylic acids is 2. The summed E-state index contributed by atoms with van der Waals surface area (Å²) in [5.41, 5.74) is 2.28. The summed E-state index contributed by atoms with van der Waals surface area (Å²) < 4.78 is 29.1. The summed E-state index contributed by atoms with van der Waals surface area (Å²) in [6, 6.07) is 23.0. The normalized spacial score (nSPS) is 19.9. The molecule has 4 aromatic rings. The fourth-order valence-corrected chi connectivity index (χ4v) is 7.96. The van der Waals surface area contributed by atoms with Crippen molar-refractivity contribution in [2.45, 2.75) is 90.2 Å². The van der Waals surface area contributed by atoms with Crippen LogP contribution in [0.1, 0.15) is 76.0 Å². The van der Waals surface area contributed by atoms with Crippen LogP contribution in [0.25, 0.3) is 0 Å². The Balaban J connectivity index is 0.000000215. The smallest absolute Gasteiger partial charge is 0.410 e. The molecule has 352 valence electrons. The van der Waals surface area contributed by atoms with Crippen LogP contribution in [0.3, 0.4) is 0 Å². The predicted octanol–water partition coefficient (Wildman–Crippen LogP) is 7.57. The van der Waals surface area contributed by atoms with Gasteiger partial charge in [0.1, 0.15) is 30.5 Å². The molecule has 17 heteroatoms. The molecule has 0 spiro atoms. The van der Waals surface area contributed by atoms with E-state index < -0.39 is 23.4 Å². The monoisotopic (exact) mass is 936 g/mol. The van der Waals surface area contributed by atoms with Gasteiger partial charge in [-0.15, -0.1) is 0 Å². The number of aliphatic hydroxyl groups excluding tert-OH is 2. The number of hydrogen-bond donors (Lipinski definition) is 2. The molecule has 2 N–H and O–H groups in total. The lowest BCUT2D eigenvalue weighted by Gasteiger charge is -2.46. The van der Waals surface area contributed by atoms with Crippen LogP contribution in [-0.4, -0.2) is 141 Å². The summed E-state index contributed by atoms with van der Waals surface area (Å²) >= 11 is 12.4. The fraction of sp³-hybridized carbons (Fsp3) is 0.500. The highest BCUT2D eigenvalue weighted by Gasteiger charge is 2.38. The second kappa shape index (κ2) is 22.6. The van der Waals surface area contributed by atoms with Crippen LogP contribution in [0.2, 0.25) is 10.0 Å². The van der Waals surface area contributed by atoms with Gasteiger partial charge >= 0.3 is 12.2 Å². The third kappa shape index (κ3) is 14.9. The topological polar surface area (TPSA) is 159 Å². The van der Waals surface area contributed by atoms with Crippen LogP contribution in [0, 0.1) is 0 Å². The van der Waals surface area contributed by atoms with E-state index in [9.17, 15) is 19.8 Å². The second-order valence-electron chi connectivity index (χ2n) is 18.3.